The summed E-state index contributed by atoms with van der Waals surface area (Å²) in [5.74, 6) is -0.544. The fourth-order valence-corrected chi connectivity index (χ4v) is 4.13. The van der Waals surface area contributed by atoms with Gasteiger partial charge in [-0.15, -0.1) is 22.7 Å². The van der Waals surface area contributed by atoms with Crippen molar-refractivity contribution in [2.75, 3.05) is 5.32 Å². The summed E-state index contributed by atoms with van der Waals surface area (Å²) in [7, 11) is 0. The van der Waals surface area contributed by atoms with Crippen molar-refractivity contribution in [2.45, 2.75) is 6.42 Å². The van der Waals surface area contributed by atoms with E-state index in [2.05, 4.69) is 10.3 Å². The van der Waals surface area contributed by atoms with Crippen molar-refractivity contribution in [2.24, 2.45) is 0 Å². The first-order valence-corrected chi connectivity index (χ1v) is 8.91. The summed E-state index contributed by atoms with van der Waals surface area (Å²) in [6.45, 7) is 0. The molecule has 0 saturated heterocycles. The number of nitrogens with one attached hydrogen (secondary N) is 1. The zero-order valence-electron chi connectivity index (χ0n) is 11.5. The predicted molar refractivity (Wildman–Crippen MR) is 94.2 cm³/mol. The summed E-state index contributed by atoms with van der Waals surface area (Å²) < 4.78 is 14.0. The average molecular weight is 387 g/mol. The maximum atomic E-state index is 12.8. The van der Waals surface area contributed by atoms with Gasteiger partial charge in [0.15, 0.2) is 5.13 Å². The molecular formula is C15H9Cl2FN2OS2. The van der Waals surface area contributed by atoms with Gasteiger partial charge in [0.1, 0.15) is 10.2 Å². The number of carbonyl (C=O) groups excluding carboxylic acids is 1. The van der Waals surface area contributed by atoms with Crippen LogP contribution >= 0.6 is 45.9 Å². The average Bonchev–Trinajstić information content (AvgIpc) is 3.07. The van der Waals surface area contributed by atoms with E-state index in [1.165, 1.54) is 34.8 Å². The number of hydrogen-bond acceptors (Lipinski definition) is 4. The molecular weight excluding hydrogens is 378 g/mol. The van der Waals surface area contributed by atoms with Crippen LogP contribution < -0.4 is 5.32 Å². The van der Waals surface area contributed by atoms with Crippen LogP contribution in [0, 0.1) is 5.82 Å². The summed E-state index contributed by atoms with van der Waals surface area (Å²) in [6.07, 6.45) is 0.153. The highest BCUT2D eigenvalue weighted by Gasteiger charge is 2.13. The largest absolute Gasteiger partial charge is 0.302 e. The molecule has 8 heteroatoms. The molecule has 0 aliphatic carbocycles. The van der Waals surface area contributed by atoms with Gasteiger partial charge in [0, 0.05) is 10.9 Å². The standard InChI is InChI=1S/C15H9Cl2FN2OS2/c16-12-6-10(14(17)23-12)11-7-22-15(19-11)20-13(21)5-8-1-3-9(18)4-2-8/h1-4,6-7H,5H2,(H,19,20,21). The van der Waals surface area contributed by atoms with Crippen LogP contribution in [0.2, 0.25) is 8.67 Å². The summed E-state index contributed by atoms with van der Waals surface area (Å²) in [6, 6.07) is 7.55. The van der Waals surface area contributed by atoms with Crippen molar-refractivity contribution >= 4 is 56.9 Å². The third-order valence-electron chi connectivity index (χ3n) is 2.96. The molecule has 0 atom stereocenters. The number of nitrogens with zero attached hydrogens (tertiary/aromatic N) is 1. The molecule has 0 radical (unpaired) electrons. The molecule has 23 heavy (non-hydrogen) atoms. The van der Waals surface area contributed by atoms with Gasteiger partial charge in [0.2, 0.25) is 5.91 Å². The molecule has 1 N–H and O–H groups in total. The quantitative estimate of drug-likeness (QED) is 0.643. The van der Waals surface area contributed by atoms with Gasteiger partial charge in [-0.3, -0.25) is 4.79 Å². The SMILES string of the molecule is O=C(Cc1ccc(F)cc1)Nc1nc(-c2cc(Cl)sc2Cl)cs1. The fourth-order valence-electron chi connectivity index (χ4n) is 1.92. The zero-order valence-corrected chi connectivity index (χ0v) is 14.6. The molecule has 3 nitrogen and oxygen atoms in total. The summed E-state index contributed by atoms with van der Waals surface area (Å²) in [5, 5.41) is 5.00. The number of benzene rings is 1. The summed E-state index contributed by atoms with van der Waals surface area (Å²) >= 11 is 14.6. The minimum absolute atomic E-state index is 0.153. The van der Waals surface area contributed by atoms with E-state index in [9.17, 15) is 9.18 Å². The maximum absolute atomic E-state index is 12.8. The van der Waals surface area contributed by atoms with Crippen molar-refractivity contribution in [1.82, 2.24) is 4.98 Å². The van der Waals surface area contributed by atoms with Crippen molar-refractivity contribution in [3.63, 3.8) is 0 Å². The van der Waals surface area contributed by atoms with E-state index in [0.29, 0.717) is 19.5 Å². The van der Waals surface area contributed by atoms with Gasteiger partial charge >= 0.3 is 0 Å². The van der Waals surface area contributed by atoms with E-state index in [4.69, 9.17) is 23.2 Å². The first-order valence-electron chi connectivity index (χ1n) is 6.46. The number of anilines is 1. The Morgan fingerprint density at radius 2 is 2.00 bits per heavy atom. The molecule has 0 spiro atoms. The topological polar surface area (TPSA) is 42.0 Å². The highest BCUT2D eigenvalue weighted by molar-refractivity contribution is 7.20. The number of halogens is 3. The van der Waals surface area contributed by atoms with Crippen LogP contribution in [0.1, 0.15) is 5.56 Å². The first-order chi connectivity index (χ1) is 11.0. The third-order valence-corrected chi connectivity index (χ3v) is 5.21. The highest BCUT2D eigenvalue weighted by atomic mass is 35.5. The van der Waals surface area contributed by atoms with Gasteiger partial charge in [-0.2, -0.15) is 0 Å². The van der Waals surface area contributed by atoms with Gasteiger partial charge in [-0.1, -0.05) is 35.3 Å². The van der Waals surface area contributed by atoms with Crippen LogP contribution in [0.25, 0.3) is 11.3 Å². The first kappa shape index (κ1) is 16.4. The lowest BCUT2D eigenvalue weighted by Gasteiger charge is -2.02. The predicted octanol–water partition coefficient (Wildman–Crippen LogP) is 5.50. The molecule has 0 unspecified atom stereocenters. The second-order valence-corrected chi connectivity index (χ2v) is 7.77. The van der Waals surface area contributed by atoms with Crippen LogP contribution in [-0.2, 0) is 11.2 Å². The molecule has 0 saturated carbocycles. The van der Waals surface area contributed by atoms with Gasteiger partial charge in [0.25, 0.3) is 0 Å². The molecule has 2 aromatic heterocycles. The molecule has 3 rings (SSSR count). The monoisotopic (exact) mass is 386 g/mol. The number of amides is 1. The van der Waals surface area contributed by atoms with Crippen LogP contribution in [0.15, 0.2) is 35.7 Å². The van der Waals surface area contributed by atoms with Crippen molar-refractivity contribution in [3.8, 4) is 11.3 Å². The van der Waals surface area contributed by atoms with Gasteiger partial charge in [0.05, 0.1) is 16.5 Å². The molecule has 1 aromatic carbocycles. The smallest absolute Gasteiger partial charge is 0.230 e. The van der Waals surface area contributed by atoms with Gasteiger partial charge in [-0.05, 0) is 23.8 Å². The molecule has 3 aromatic rings. The third kappa shape index (κ3) is 4.09. The van der Waals surface area contributed by atoms with Gasteiger partial charge in [-0.25, -0.2) is 9.37 Å². The van der Waals surface area contributed by atoms with E-state index < -0.39 is 0 Å². The van der Waals surface area contributed by atoms with Crippen LogP contribution in [-0.4, -0.2) is 10.9 Å². The Bertz CT molecular complexity index is 846. The molecule has 1 amide bonds. The number of hydrogen-bond donors (Lipinski definition) is 1. The lowest BCUT2D eigenvalue weighted by atomic mass is 10.1. The minimum atomic E-state index is -0.329. The van der Waals surface area contributed by atoms with E-state index in [1.807, 2.05) is 0 Å². The molecule has 0 fully saturated rings. The number of thiazole rings is 1. The Balaban J connectivity index is 1.68. The fraction of sp³-hybridized carbons (Fsp3) is 0.0667. The second-order valence-electron chi connectivity index (χ2n) is 4.63. The highest BCUT2D eigenvalue weighted by Crippen LogP contribution is 2.38. The van der Waals surface area contributed by atoms with Crippen molar-refractivity contribution in [3.05, 3.63) is 55.8 Å². The normalized spacial score (nSPS) is 10.7. The number of rotatable bonds is 4. The number of thiophene rings is 1. The van der Waals surface area contributed by atoms with E-state index in [-0.39, 0.29) is 18.1 Å². The molecule has 118 valence electrons. The van der Waals surface area contributed by atoms with E-state index in [0.717, 1.165) is 11.1 Å². The van der Waals surface area contributed by atoms with E-state index >= 15 is 0 Å². The Kier molecular flexibility index (Phi) is 4.96. The zero-order chi connectivity index (χ0) is 16.4. The Labute approximate surface area is 149 Å². The van der Waals surface area contributed by atoms with Crippen molar-refractivity contribution in [1.29, 1.82) is 0 Å². The lowest BCUT2D eigenvalue weighted by molar-refractivity contribution is -0.115. The van der Waals surface area contributed by atoms with Gasteiger partial charge < -0.3 is 5.32 Å². The number of aromatic nitrogens is 1. The Morgan fingerprint density at radius 1 is 1.26 bits per heavy atom. The lowest BCUT2D eigenvalue weighted by Crippen LogP contribution is -2.14. The van der Waals surface area contributed by atoms with Crippen LogP contribution in [0.5, 0.6) is 0 Å². The Hall–Kier alpha value is -1.47. The summed E-state index contributed by atoms with van der Waals surface area (Å²) in [5.41, 5.74) is 2.14. The Morgan fingerprint density at radius 3 is 2.65 bits per heavy atom. The second kappa shape index (κ2) is 6.97. The van der Waals surface area contributed by atoms with Crippen LogP contribution in [0.3, 0.4) is 0 Å². The van der Waals surface area contributed by atoms with Crippen LogP contribution in [0.4, 0.5) is 9.52 Å². The molecule has 2 heterocycles. The minimum Gasteiger partial charge on any atom is -0.302 e. The van der Waals surface area contributed by atoms with Crippen molar-refractivity contribution < 1.29 is 9.18 Å². The molecule has 0 aliphatic heterocycles. The maximum Gasteiger partial charge on any atom is 0.230 e. The van der Waals surface area contributed by atoms with E-state index in [1.54, 1.807) is 23.6 Å². The summed E-state index contributed by atoms with van der Waals surface area (Å²) in [4.78, 5) is 16.3. The molecule has 0 aliphatic rings. The molecule has 0 bridgehead atoms. The number of carbonyl (C=O) groups is 1.